The lowest BCUT2D eigenvalue weighted by atomic mass is 10.0. The van der Waals surface area contributed by atoms with Crippen molar-refractivity contribution in [3.8, 4) is 11.5 Å². The number of alkyl halides is 1. The molecule has 0 heterocycles. The number of methoxy groups -OCH3 is 1. The van der Waals surface area contributed by atoms with Gasteiger partial charge >= 0.3 is 13.6 Å². The maximum absolute atomic E-state index is 12.0. The Balaban J connectivity index is 0.000000361. The quantitative estimate of drug-likeness (QED) is 0.0378. The van der Waals surface area contributed by atoms with E-state index in [1.807, 2.05) is 24.3 Å². The van der Waals surface area contributed by atoms with Gasteiger partial charge in [0.15, 0.2) is 0 Å². The maximum Gasteiger partial charge on any atom is 0.339 e. The number of carboxylic acids is 1. The third kappa shape index (κ3) is 13.7. The van der Waals surface area contributed by atoms with Crippen molar-refractivity contribution < 1.29 is 43.4 Å². The Morgan fingerprint density at radius 1 is 1.04 bits per heavy atom. The SMILES string of the molecule is CCc1cccc(CC)c1N(COC)C(=O)CCl.Nc1c([N+](=O)[O-])ccc(Oc2ccccc2)c1Cl.O=C(O)CNCP(=O)(O)O. The zero-order chi connectivity index (χ0) is 34.9. The molecule has 0 saturated carbocycles. The van der Waals surface area contributed by atoms with Crippen molar-refractivity contribution >= 4 is 59.7 Å². The van der Waals surface area contributed by atoms with Gasteiger partial charge in [0, 0.05) is 13.2 Å². The summed E-state index contributed by atoms with van der Waals surface area (Å²) in [4.78, 5) is 49.8. The number of carbonyl (C=O) groups is 2. The summed E-state index contributed by atoms with van der Waals surface area (Å²) in [6.45, 7) is 3.95. The molecule has 0 bridgehead atoms. The summed E-state index contributed by atoms with van der Waals surface area (Å²) in [6, 6.07) is 17.7. The summed E-state index contributed by atoms with van der Waals surface area (Å²) in [5.74, 6) is -0.453. The number of carboxylic acid groups (broad SMARTS) is 1. The van der Waals surface area contributed by atoms with Crippen LogP contribution in [-0.2, 0) is 31.7 Å². The van der Waals surface area contributed by atoms with E-state index >= 15 is 0 Å². The van der Waals surface area contributed by atoms with Crippen molar-refractivity contribution in [2.45, 2.75) is 26.7 Å². The molecule has 252 valence electrons. The third-order valence-electron chi connectivity index (χ3n) is 5.79. The van der Waals surface area contributed by atoms with E-state index in [0.717, 1.165) is 29.7 Å². The van der Waals surface area contributed by atoms with Crippen LogP contribution in [0.3, 0.4) is 0 Å². The van der Waals surface area contributed by atoms with E-state index in [1.54, 1.807) is 36.3 Å². The topological polar surface area (TPSA) is 215 Å². The Labute approximate surface area is 276 Å². The molecule has 0 spiro atoms. The Kier molecular flexibility index (Phi) is 17.9. The molecule has 0 aromatic heterocycles. The number of anilines is 2. The first-order valence-corrected chi connectivity index (χ1v) is 16.3. The van der Waals surface area contributed by atoms with Gasteiger partial charge in [-0.05, 0) is 42.2 Å². The number of nitrogens with two attached hydrogens (primary N) is 1. The highest BCUT2D eigenvalue weighted by Crippen LogP contribution is 2.39. The van der Waals surface area contributed by atoms with Crippen LogP contribution >= 0.6 is 30.8 Å². The van der Waals surface area contributed by atoms with Crippen LogP contribution in [0.5, 0.6) is 11.5 Å². The van der Waals surface area contributed by atoms with Gasteiger partial charge in [-0.2, -0.15) is 0 Å². The average Bonchev–Trinajstić information content (AvgIpc) is 3.01. The zero-order valence-electron chi connectivity index (χ0n) is 25.4. The molecule has 3 aromatic rings. The number of para-hydroxylation sites is 2. The van der Waals surface area contributed by atoms with Crippen LogP contribution in [0.25, 0.3) is 0 Å². The summed E-state index contributed by atoms with van der Waals surface area (Å²) in [6.07, 6.45) is 1.15. The van der Waals surface area contributed by atoms with Crippen molar-refractivity contribution in [3.05, 3.63) is 86.9 Å². The number of halogens is 2. The molecule has 1 amide bonds. The molecular weight excluding hydrogens is 666 g/mol. The van der Waals surface area contributed by atoms with Crippen LogP contribution < -0.4 is 20.7 Å². The highest BCUT2D eigenvalue weighted by molar-refractivity contribution is 7.51. The maximum atomic E-state index is 12.0. The van der Waals surface area contributed by atoms with E-state index in [1.165, 1.54) is 12.1 Å². The minimum Gasteiger partial charge on any atom is -0.480 e. The average molecular weight is 704 g/mol. The summed E-state index contributed by atoms with van der Waals surface area (Å²) in [5.41, 5.74) is 8.49. The number of nitro benzene ring substituents is 1. The number of hydrogen-bond acceptors (Lipinski definition) is 9. The Morgan fingerprint density at radius 2 is 1.63 bits per heavy atom. The van der Waals surface area contributed by atoms with E-state index in [-0.39, 0.29) is 40.7 Å². The number of nitro groups is 1. The highest BCUT2D eigenvalue weighted by atomic mass is 35.5. The summed E-state index contributed by atoms with van der Waals surface area (Å²) >= 11 is 11.6. The number of carbonyl (C=O) groups excluding carboxylic acids is 1. The number of aryl methyl sites for hydroxylation is 2. The van der Waals surface area contributed by atoms with E-state index in [2.05, 4.69) is 19.2 Å². The van der Waals surface area contributed by atoms with Crippen molar-refractivity contribution in [2.75, 3.05) is 43.2 Å². The molecule has 17 heteroatoms. The smallest absolute Gasteiger partial charge is 0.339 e. The molecule has 0 radical (unpaired) electrons. The van der Waals surface area contributed by atoms with Gasteiger partial charge in [-0.3, -0.25) is 34.5 Å². The second kappa shape index (κ2) is 20.4. The second-order valence-corrected chi connectivity index (χ2v) is 11.4. The normalized spacial score (nSPS) is 10.5. The van der Waals surface area contributed by atoms with Gasteiger partial charge < -0.3 is 30.1 Å². The molecule has 0 unspecified atom stereocenters. The van der Waals surface area contributed by atoms with Crippen LogP contribution in [0.15, 0.2) is 60.7 Å². The van der Waals surface area contributed by atoms with Gasteiger partial charge in [0.1, 0.15) is 34.8 Å². The fraction of sp³-hybridized carbons (Fsp3) is 0.310. The molecule has 3 aromatic carbocycles. The number of ether oxygens (including phenoxy) is 2. The number of nitrogens with one attached hydrogen (secondary N) is 1. The standard InChI is InChI=1S/C14H20ClNO2.C12H9ClN2O3.C3H8NO5P/c1-4-11-7-6-8-12(5-2)14(11)16(10-18-3)13(17)9-15;13-11-10(18-8-4-2-1-3-5-8)7-6-9(12(11)14)15(16)17;5-3(6)1-4-2-10(7,8)9/h6-8H,4-5,9-10H2,1-3H3;1-7H,14H2;4H,1-2H2,(H,5,6)(H2,7,8,9). The van der Waals surface area contributed by atoms with Gasteiger partial charge in [-0.25, -0.2) is 0 Å². The van der Waals surface area contributed by atoms with Gasteiger partial charge in [-0.1, -0.05) is 61.8 Å². The monoisotopic (exact) mass is 702 g/mol. The minimum atomic E-state index is -4.10. The van der Waals surface area contributed by atoms with E-state index < -0.39 is 31.3 Å². The fourth-order valence-electron chi connectivity index (χ4n) is 3.75. The zero-order valence-corrected chi connectivity index (χ0v) is 27.8. The second-order valence-electron chi connectivity index (χ2n) is 9.13. The molecule has 0 saturated heterocycles. The number of aliphatic carboxylic acids is 1. The Bertz CT molecular complexity index is 1470. The van der Waals surface area contributed by atoms with Crippen molar-refractivity contribution in [2.24, 2.45) is 0 Å². The molecular formula is C29H37Cl2N4O10P. The Hall–Kier alpha value is -3.75. The lowest BCUT2D eigenvalue weighted by molar-refractivity contribution is -0.383. The van der Waals surface area contributed by atoms with Crippen LogP contribution in [0.4, 0.5) is 17.1 Å². The van der Waals surface area contributed by atoms with Crippen LogP contribution in [0.2, 0.25) is 5.02 Å². The van der Waals surface area contributed by atoms with Gasteiger partial charge in [-0.15, -0.1) is 11.6 Å². The van der Waals surface area contributed by atoms with E-state index in [9.17, 15) is 24.3 Å². The predicted octanol–water partition coefficient (Wildman–Crippen LogP) is 5.41. The number of nitrogens with zero attached hydrogens (tertiary/aromatic N) is 2. The van der Waals surface area contributed by atoms with Crippen LogP contribution in [0, 0.1) is 10.1 Å². The molecule has 46 heavy (non-hydrogen) atoms. The molecule has 0 aliphatic heterocycles. The van der Waals surface area contributed by atoms with E-state index in [4.69, 9.17) is 53.3 Å². The first-order chi connectivity index (χ1) is 21.7. The largest absolute Gasteiger partial charge is 0.480 e. The molecule has 0 atom stereocenters. The van der Waals surface area contributed by atoms with Gasteiger partial charge in [0.05, 0.1) is 23.4 Å². The fourth-order valence-corrected chi connectivity index (χ4v) is 4.49. The first kappa shape index (κ1) is 40.3. The van der Waals surface area contributed by atoms with Crippen LogP contribution in [0.1, 0.15) is 25.0 Å². The predicted molar refractivity (Wildman–Crippen MR) is 177 cm³/mol. The lowest BCUT2D eigenvalue weighted by Gasteiger charge is -2.26. The third-order valence-corrected chi connectivity index (χ3v) is 7.05. The molecule has 6 N–H and O–H groups in total. The molecule has 14 nitrogen and oxygen atoms in total. The van der Waals surface area contributed by atoms with Crippen molar-refractivity contribution in [3.63, 3.8) is 0 Å². The van der Waals surface area contributed by atoms with Crippen LogP contribution in [-0.4, -0.2) is 64.2 Å². The van der Waals surface area contributed by atoms with Gasteiger partial charge in [0.25, 0.3) is 5.69 Å². The summed E-state index contributed by atoms with van der Waals surface area (Å²) in [7, 11) is -2.52. The summed E-state index contributed by atoms with van der Waals surface area (Å²) in [5, 5.41) is 20.8. The van der Waals surface area contributed by atoms with Crippen molar-refractivity contribution in [1.82, 2.24) is 5.32 Å². The molecule has 0 aliphatic carbocycles. The van der Waals surface area contributed by atoms with Crippen molar-refractivity contribution in [1.29, 1.82) is 0 Å². The minimum absolute atomic E-state index is 0.0352. The lowest BCUT2D eigenvalue weighted by Crippen LogP contribution is -2.35. The number of nitrogen functional groups attached to an aromatic ring is 1. The number of amides is 1. The number of rotatable bonds is 13. The first-order valence-electron chi connectivity index (χ1n) is 13.6. The molecule has 3 rings (SSSR count). The number of benzene rings is 3. The van der Waals surface area contributed by atoms with Gasteiger partial charge in [0.2, 0.25) is 5.91 Å². The number of hydrogen-bond donors (Lipinski definition) is 5. The van der Waals surface area contributed by atoms with E-state index in [0.29, 0.717) is 5.75 Å². The summed E-state index contributed by atoms with van der Waals surface area (Å²) < 4.78 is 20.7. The molecule has 0 fully saturated rings. The Morgan fingerprint density at radius 3 is 2.09 bits per heavy atom. The molecule has 0 aliphatic rings. The highest BCUT2D eigenvalue weighted by Gasteiger charge is 2.20.